The van der Waals surface area contributed by atoms with Gasteiger partial charge in [-0.05, 0) is 12.0 Å². The minimum absolute atomic E-state index is 0.233. The molecule has 15 heteroatoms. The molecule has 3 aromatic rings. The molecule has 0 bridgehead atoms. The van der Waals surface area contributed by atoms with Gasteiger partial charge in [0.1, 0.15) is 24.6 Å². The van der Waals surface area contributed by atoms with Crippen molar-refractivity contribution in [2.75, 3.05) is 18.5 Å². The fourth-order valence-corrected chi connectivity index (χ4v) is 5.21. The van der Waals surface area contributed by atoms with Gasteiger partial charge in [-0.1, -0.05) is 56.5 Å². The van der Waals surface area contributed by atoms with Crippen molar-refractivity contribution in [3.63, 3.8) is 0 Å². The van der Waals surface area contributed by atoms with Crippen LogP contribution in [0.1, 0.15) is 44.4 Å². The second-order valence-corrected chi connectivity index (χ2v) is 10.9. The Kier molecular flexibility index (Phi) is 9.06. The average molecular weight is 577 g/mol. The smallest absolute Gasteiger partial charge is 0.347 e. The number of carbonyl (C=O) groups is 1. The Labute approximate surface area is 230 Å². The highest BCUT2D eigenvalue weighted by molar-refractivity contribution is 7.46. The van der Waals surface area contributed by atoms with Gasteiger partial charge in [0.05, 0.1) is 12.9 Å². The number of hydrogen-bond acceptors (Lipinski definition) is 9. The molecular weight excluding hydrogens is 543 g/mol. The Morgan fingerprint density at radius 1 is 1.07 bits per heavy atom. The zero-order valence-electron chi connectivity index (χ0n) is 22.0. The third-order valence-corrected chi connectivity index (χ3v) is 7.22. The number of rotatable bonds is 12. The van der Waals surface area contributed by atoms with E-state index in [1.165, 1.54) is 12.7 Å². The van der Waals surface area contributed by atoms with Gasteiger partial charge in [0.15, 0.2) is 29.5 Å². The second-order valence-electron chi connectivity index (χ2n) is 9.66. The highest BCUT2D eigenvalue weighted by Gasteiger charge is 2.54. The molecule has 0 saturated carbocycles. The maximum absolute atomic E-state index is 12.4. The summed E-state index contributed by atoms with van der Waals surface area (Å²) in [6, 6.07) is 9.28. The molecule has 2 fully saturated rings. The lowest BCUT2D eigenvalue weighted by Crippen LogP contribution is -2.31. The first kappa shape index (κ1) is 28.6. The summed E-state index contributed by atoms with van der Waals surface area (Å²) >= 11 is 0. The van der Waals surface area contributed by atoms with E-state index >= 15 is 0 Å². The molecule has 5 rings (SSSR count). The summed E-state index contributed by atoms with van der Waals surface area (Å²) in [5.41, 5.74) is 1.73. The molecule has 4 heterocycles. The third kappa shape index (κ3) is 6.84. The third-order valence-electron chi connectivity index (χ3n) is 6.74. The number of hydrogen-bond donors (Lipinski definition) is 4. The van der Waals surface area contributed by atoms with Crippen LogP contribution in [-0.2, 0) is 29.7 Å². The highest BCUT2D eigenvalue weighted by Crippen LogP contribution is 2.43. The van der Waals surface area contributed by atoms with E-state index < -0.39 is 51.3 Å². The molecule has 2 aliphatic heterocycles. The van der Waals surface area contributed by atoms with Gasteiger partial charge in [0, 0.05) is 13.0 Å². The van der Waals surface area contributed by atoms with Crippen molar-refractivity contribution in [3.05, 3.63) is 48.5 Å². The number of ether oxygens (including phenoxy) is 3. The predicted octanol–water partition coefficient (Wildman–Crippen LogP) is 2.89. The first-order valence-corrected chi connectivity index (χ1v) is 14.8. The van der Waals surface area contributed by atoms with Gasteiger partial charge in [-0.25, -0.2) is 24.3 Å². The van der Waals surface area contributed by atoms with Gasteiger partial charge in [0.25, 0.3) is 0 Å². The van der Waals surface area contributed by atoms with E-state index in [1.807, 2.05) is 30.3 Å². The first-order valence-electron chi connectivity index (χ1n) is 13.2. The Morgan fingerprint density at radius 2 is 1.88 bits per heavy atom. The molecule has 2 saturated heterocycles. The normalized spacial score (nSPS) is 24.3. The predicted molar refractivity (Wildman–Crippen MR) is 142 cm³/mol. The number of carbonyl (C=O) groups excluding carboxylic acids is 1. The number of nitrogens with one attached hydrogen (secondary N) is 2. The van der Waals surface area contributed by atoms with Crippen LogP contribution in [0.15, 0.2) is 43.0 Å². The fourth-order valence-electron chi connectivity index (χ4n) is 4.87. The molecule has 2 aromatic heterocycles. The van der Waals surface area contributed by atoms with Crippen LogP contribution in [0, 0.1) is 0 Å². The summed E-state index contributed by atoms with van der Waals surface area (Å²) in [5, 5.41) is 5.55. The van der Waals surface area contributed by atoms with Gasteiger partial charge in [-0.15, -0.1) is 0 Å². The zero-order chi connectivity index (χ0) is 28.1. The van der Waals surface area contributed by atoms with Crippen LogP contribution in [0.3, 0.4) is 0 Å². The number of unbranched alkanes of at least 4 members (excludes halogenated alkanes) is 3. The topological polar surface area (TPSA) is 179 Å². The number of amides is 2. The molecule has 0 spiro atoms. The van der Waals surface area contributed by atoms with Crippen LogP contribution < -0.4 is 10.6 Å². The molecule has 2 amide bonds. The Hall–Kier alpha value is -2.97. The van der Waals surface area contributed by atoms with Crippen LogP contribution >= 0.6 is 7.82 Å². The van der Waals surface area contributed by atoms with E-state index in [2.05, 4.69) is 32.5 Å². The number of anilines is 1. The number of aromatic nitrogens is 4. The van der Waals surface area contributed by atoms with Gasteiger partial charge >= 0.3 is 13.9 Å². The molecule has 0 aliphatic carbocycles. The van der Waals surface area contributed by atoms with Gasteiger partial charge in [0.2, 0.25) is 0 Å². The monoisotopic (exact) mass is 576 g/mol. The van der Waals surface area contributed by atoms with Gasteiger partial charge < -0.3 is 29.3 Å². The Balaban J connectivity index is 1.33. The van der Waals surface area contributed by atoms with Crippen molar-refractivity contribution >= 4 is 30.8 Å². The van der Waals surface area contributed by atoms with Crippen LogP contribution in [-0.4, -0.2) is 73.1 Å². The Morgan fingerprint density at radius 3 is 2.65 bits per heavy atom. The molecule has 4 N–H and O–H groups in total. The fraction of sp³-hybridized carbons (Fsp3) is 0.520. The first-order chi connectivity index (χ1) is 19.3. The van der Waals surface area contributed by atoms with Crippen molar-refractivity contribution in [1.29, 1.82) is 0 Å². The van der Waals surface area contributed by atoms with E-state index in [9.17, 15) is 19.1 Å². The standard InChI is InChI=1S/C25H33N6O8P/c1-2-3-4-8-11-26-25(32)30-22-19-23(28-14-27-22)31(15-29-19)24-21-20(17(37-24)13-36-40(33,34)35)38-18(39-21)12-16-9-6-5-7-10-16/h5-7,9-10,14-15,17-18,20-21,24H,2-4,8,11-13H2,1H3,(H2,33,34,35)(H2,26,27,28,30,32)/t17-,18?,20-,21-,24-/m1/s1. The molecule has 1 aromatic carbocycles. The number of imidazole rings is 1. The van der Waals surface area contributed by atoms with Gasteiger partial charge in [-0.3, -0.25) is 14.4 Å². The minimum Gasteiger partial charge on any atom is -0.347 e. The molecule has 40 heavy (non-hydrogen) atoms. The molecule has 216 valence electrons. The molecule has 1 unspecified atom stereocenters. The van der Waals surface area contributed by atoms with Crippen LogP contribution in [0.25, 0.3) is 11.2 Å². The zero-order valence-corrected chi connectivity index (χ0v) is 22.9. The lowest BCUT2D eigenvalue weighted by molar-refractivity contribution is -0.149. The number of fused-ring (bicyclic) bond motifs is 2. The summed E-state index contributed by atoms with van der Waals surface area (Å²) < 4.78 is 36.3. The maximum atomic E-state index is 12.4. The number of urea groups is 1. The minimum atomic E-state index is -4.74. The molecule has 2 aliphatic rings. The highest BCUT2D eigenvalue weighted by atomic mass is 31.2. The van der Waals surface area contributed by atoms with Crippen LogP contribution in [0.5, 0.6) is 0 Å². The van der Waals surface area contributed by atoms with Crippen LogP contribution in [0.2, 0.25) is 0 Å². The van der Waals surface area contributed by atoms with Crippen molar-refractivity contribution < 1.29 is 37.9 Å². The van der Waals surface area contributed by atoms with Gasteiger partial charge in [-0.2, -0.15) is 0 Å². The largest absolute Gasteiger partial charge is 0.469 e. The Bertz CT molecular complexity index is 1340. The van der Waals surface area contributed by atoms with E-state index in [-0.39, 0.29) is 5.82 Å². The SMILES string of the molecule is CCCCCCNC(=O)Nc1ncnc2c1ncn2[C@@H]1O[C@H](COP(=O)(O)O)[C@H]2OC(Cc3ccccc3)O[C@H]21. The number of nitrogens with zero attached hydrogens (tertiary/aromatic N) is 4. The molecular formula is C25H33N6O8P. The van der Waals surface area contributed by atoms with E-state index in [1.54, 1.807) is 4.57 Å². The summed E-state index contributed by atoms with van der Waals surface area (Å²) in [7, 11) is -4.74. The van der Waals surface area contributed by atoms with Crippen molar-refractivity contribution in [2.24, 2.45) is 0 Å². The summed E-state index contributed by atoms with van der Waals surface area (Å²) in [6.45, 7) is 2.27. The summed E-state index contributed by atoms with van der Waals surface area (Å²) in [4.78, 5) is 43.8. The van der Waals surface area contributed by atoms with E-state index in [0.29, 0.717) is 24.1 Å². The van der Waals surface area contributed by atoms with Crippen molar-refractivity contribution in [2.45, 2.75) is 69.9 Å². The number of phosphoric ester groups is 1. The lowest BCUT2D eigenvalue weighted by Gasteiger charge is -2.21. The molecule has 5 atom stereocenters. The van der Waals surface area contributed by atoms with Crippen molar-refractivity contribution in [3.8, 4) is 0 Å². The second kappa shape index (κ2) is 12.7. The van der Waals surface area contributed by atoms with E-state index in [4.69, 9.17) is 18.7 Å². The number of benzene rings is 1. The number of phosphoric acid groups is 1. The maximum Gasteiger partial charge on any atom is 0.469 e. The quantitative estimate of drug-likeness (QED) is 0.184. The average Bonchev–Trinajstić information content (AvgIpc) is 3.62. The summed E-state index contributed by atoms with van der Waals surface area (Å²) in [6.07, 6.45) is 3.89. The van der Waals surface area contributed by atoms with E-state index in [0.717, 1.165) is 31.2 Å². The molecule has 14 nitrogen and oxygen atoms in total. The summed E-state index contributed by atoms with van der Waals surface area (Å²) in [5.74, 6) is 0.233. The van der Waals surface area contributed by atoms with Crippen LogP contribution in [0.4, 0.5) is 10.6 Å². The van der Waals surface area contributed by atoms with Crippen molar-refractivity contribution in [1.82, 2.24) is 24.8 Å². The molecule has 0 radical (unpaired) electrons. The lowest BCUT2D eigenvalue weighted by atomic mass is 10.1.